The zero-order valence-electron chi connectivity index (χ0n) is 18.0. The van der Waals surface area contributed by atoms with E-state index in [2.05, 4.69) is 26.6 Å². The number of ether oxygens (including phenoxy) is 2. The highest BCUT2D eigenvalue weighted by molar-refractivity contribution is 9.10. The molecule has 0 atom stereocenters. The molecule has 2 aromatic carbocycles. The molecule has 2 aromatic rings. The highest BCUT2D eigenvalue weighted by Crippen LogP contribution is 2.34. The lowest BCUT2D eigenvalue weighted by molar-refractivity contribution is -0.124. The minimum Gasteiger partial charge on any atom is -0.490 e. The molecular weight excluding hydrogens is 468 g/mol. The van der Waals surface area contributed by atoms with E-state index in [1.165, 1.54) is 5.56 Å². The molecule has 0 saturated heterocycles. The van der Waals surface area contributed by atoms with Crippen molar-refractivity contribution < 1.29 is 14.3 Å². The topological polar surface area (TPSA) is 59.6 Å². The van der Waals surface area contributed by atoms with Crippen LogP contribution < -0.4 is 20.1 Å². The molecule has 0 spiro atoms. The largest absolute Gasteiger partial charge is 0.490 e. The number of amides is 1. The van der Waals surface area contributed by atoms with Crippen LogP contribution in [0.15, 0.2) is 40.9 Å². The fraction of sp³-hybridized carbons (Fsp3) is 0.435. The van der Waals surface area contributed by atoms with Gasteiger partial charge in [0.2, 0.25) is 0 Å². The van der Waals surface area contributed by atoms with E-state index in [0.29, 0.717) is 24.7 Å². The van der Waals surface area contributed by atoms with Crippen LogP contribution in [0.4, 0.5) is 0 Å². The molecule has 0 aromatic heterocycles. The normalized spacial score (nSPS) is 11.3. The van der Waals surface area contributed by atoms with Gasteiger partial charge in [-0.15, -0.1) is 0 Å². The summed E-state index contributed by atoms with van der Waals surface area (Å²) < 4.78 is 12.4. The van der Waals surface area contributed by atoms with Gasteiger partial charge >= 0.3 is 0 Å². The van der Waals surface area contributed by atoms with Crippen molar-refractivity contribution in [2.24, 2.45) is 0 Å². The summed E-state index contributed by atoms with van der Waals surface area (Å²) in [7, 11) is 0. The Hall–Kier alpha value is -1.76. The standard InChI is InChI=1S/C23H30BrClN2O3/c1-5-29-20-12-17(14-26-11-10-16-6-8-18(25)9-7-16)19(24)13-21(20)30-15-22(28)27-23(2,3)4/h6-9,12-13,26H,5,10-11,14-15H2,1-4H3,(H,27,28). The molecule has 164 valence electrons. The fourth-order valence-corrected chi connectivity index (χ4v) is 3.39. The second-order valence-electron chi connectivity index (χ2n) is 7.96. The summed E-state index contributed by atoms with van der Waals surface area (Å²) in [6.45, 7) is 9.67. The van der Waals surface area contributed by atoms with Gasteiger partial charge in [0.1, 0.15) is 0 Å². The number of hydrogen-bond donors (Lipinski definition) is 2. The minimum atomic E-state index is -0.300. The maximum Gasteiger partial charge on any atom is 0.258 e. The second-order valence-corrected chi connectivity index (χ2v) is 9.25. The van der Waals surface area contributed by atoms with Crippen molar-refractivity contribution >= 4 is 33.4 Å². The van der Waals surface area contributed by atoms with Crippen LogP contribution in [-0.4, -0.2) is 31.2 Å². The quantitative estimate of drug-likeness (QED) is 0.447. The van der Waals surface area contributed by atoms with E-state index in [-0.39, 0.29) is 18.1 Å². The van der Waals surface area contributed by atoms with Crippen molar-refractivity contribution in [1.82, 2.24) is 10.6 Å². The van der Waals surface area contributed by atoms with Crippen molar-refractivity contribution in [1.29, 1.82) is 0 Å². The van der Waals surface area contributed by atoms with Crippen molar-refractivity contribution in [2.75, 3.05) is 19.8 Å². The average molecular weight is 498 g/mol. The monoisotopic (exact) mass is 496 g/mol. The van der Waals surface area contributed by atoms with Crippen LogP contribution in [0, 0.1) is 0 Å². The molecule has 0 aliphatic carbocycles. The molecular formula is C23H30BrClN2O3. The third-order valence-electron chi connectivity index (χ3n) is 4.10. The summed E-state index contributed by atoms with van der Waals surface area (Å²) >= 11 is 9.53. The molecule has 5 nitrogen and oxygen atoms in total. The van der Waals surface area contributed by atoms with Crippen LogP contribution in [-0.2, 0) is 17.8 Å². The molecule has 30 heavy (non-hydrogen) atoms. The number of rotatable bonds is 10. The van der Waals surface area contributed by atoms with Crippen LogP contribution >= 0.6 is 27.5 Å². The molecule has 0 aliphatic heterocycles. The van der Waals surface area contributed by atoms with E-state index in [4.69, 9.17) is 21.1 Å². The van der Waals surface area contributed by atoms with Crippen LogP contribution in [0.3, 0.4) is 0 Å². The van der Waals surface area contributed by atoms with Gasteiger partial charge in [-0.1, -0.05) is 39.7 Å². The Labute approximate surface area is 192 Å². The maximum atomic E-state index is 12.1. The summed E-state index contributed by atoms with van der Waals surface area (Å²) in [6.07, 6.45) is 0.914. The maximum absolute atomic E-state index is 12.1. The lowest BCUT2D eigenvalue weighted by Gasteiger charge is -2.21. The van der Waals surface area contributed by atoms with Crippen LogP contribution in [0.25, 0.3) is 0 Å². The second kappa shape index (κ2) is 11.6. The number of hydrogen-bond acceptors (Lipinski definition) is 4. The SMILES string of the molecule is CCOc1cc(CNCCc2ccc(Cl)cc2)c(Br)cc1OCC(=O)NC(C)(C)C. The minimum absolute atomic E-state index is 0.0670. The molecule has 0 heterocycles. The van der Waals surface area contributed by atoms with Gasteiger partial charge in [0, 0.05) is 21.6 Å². The average Bonchev–Trinajstić information content (AvgIpc) is 2.66. The fourth-order valence-electron chi connectivity index (χ4n) is 2.80. The number of carbonyl (C=O) groups is 1. The van der Waals surface area contributed by atoms with E-state index < -0.39 is 0 Å². The molecule has 0 aliphatic rings. The predicted molar refractivity (Wildman–Crippen MR) is 126 cm³/mol. The number of nitrogens with one attached hydrogen (secondary N) is 2. The predicted octanol–water partition coefficient (Wildman–Crippen LogP) is 5.13. The van der Waals surface area contributed by atoms with Gasteiger partial charge in [-0.05, 0) is 76.1 Å². The Bertz CT molecular complexity index is 836. The first-order chi connectivity index (χ1) is 14.2. The van der Waals surface area contributed by atoms with Gasteiger partial charge in [-0.2, -0.15) is 0 Å². The molecule has 0 bridgehead atoms. The smallest absolute Gasteiger partial charge is 0.258 e. The van der Waals surface area contributed by atoms with Crippen LogP contribution in [0.5, 0.6) is 11.5 Å². The van der Waals surface area contributed by atoms with Crippen LogP contribution in [0.1, 0.15) is 38.8 Å². The summed E-state index contributed by atoms with van der Waals surface area (Å²) in [6, 6.07) is 11.7. The number of benzene rings is 2. The number of carbonyl (C=O) groups excluding carboxylic acids is 1. The van der Waals surface area contributed by atoms with E-state index in [0.717, 1.165) is 28.0 Å². The van der Waals surface area contributed by atoms with E-state index in [1.54, 1.807) is 0 Å². The van der Waals surface area contributed by atoms with Gasteiger partial charge < -0.3 is 20.1 Å². The summed E-state index contributed by atoms with van der Waals surface area (Å²) in [4.78, 5) is 12.1. The van der Waals surface area contributed by atoms with Crippen LogP contribution in [0.2, 0.25) is 5.02 Å². The first-order valence-electron chi connectivity index (χ1n) is 10.0. The summed E-state index contributed by atoms with van der Waals surface area (Å²) in [5.41, 5.74) is 1.99. The highest BCUT2D eigenvalue weighted by atomic mass is 79.9. The lowest BCUT2D eigenvalue weighted by atomic mass is 10.1. The Balaban J connectivity index is 1.95. The molecule has 1 amide bonds. The molecule has 2 N–H and O–H groups in total. The van der Waals surface area contributed by atoms with Crippen molar-refractivity contribution in [3.05, 3.63) is 57.0 Å². The van der Waals surface area contributed by atoms with E-state index in [1.807, 2.05) is 64.1 Å². The van der Waals surface area contributed by atoms with Gasteiger partial charge in [0.25, 0.3) is 5.91 Å². The van der Waals surface area contributed by atoms with Crippen molar-refractivity contribution in [3.8, 4) is 11.5 Å². The molecule has 7 heteroatoms. The molecule has 0 fully saturated rings. The van der Waals surface area contributed by atoms with Gasteiger partial charge in [0.05, 0.1) is 6.61 Å². The lowest BCUT2D eigenvalue weighted by Crippen LogP contribution is -2.43. The Kier molecular flexibility index (Phi) is 9.46. The first-order valence-corrected chi connectivity index (χ1v) is 11.2. The van der Waals surface area contributed by atoms with E-state index >= 15 is 0 Å². The van der Waals surface area contributed by atoms with Crippen molar-refractivity contribution in [3.63, 3.8) is 0 Å². The molecule has 0 saturated carbocycles. The molecule has 0 radical (unpaired) electrons. The van der Waals surface area contributed by atoms with Gasteiger partial charge in [-0.3, -0.25) is 4.79 Å². The first kappa shape index (κ1) is 24.5. The Morgan fingerprint density at radius 1 is 1.10 bits per heavy atom. The van der Waals surface area contributed by atoms with E-state index in [9.17, 15) is 4.79 Å². The zero-order chi connectivity index (χ0) is 22.1. The third-order valence-corrected chi connectivity index (χ3v) is 5.10. The van der Waals surface area contributed by atoms with Gasteiger partial charge in [0.15, 0.2) is 18.1 Å². The summed E-state index contributed by atoms with van der Waals surface area (Å²) in [5.74, 6) is 0.991. The summed E-state index contributed by atoms with van der Waals surface area (Å²) in [5, 5.41) is 7.08. The highest BCUT2D eigenvalue weighted by Gasteiger charge is 2.16. The van der Waals surface area contributed by atoms with Crippen molar-refractivity contribution in [2.45, 2.75) is 46.2 Å². The zero-order valence-corrected chi connectivity index (χ0v) is 20.3. The molecule has 0 unspecified atom stereocenters. The Morgan fingerprint density at radius 3 is 2.40 bits per heavy atom. The molecule has 2 rings (SSSR count). The number of halogens is 2. The van der Waals surface area contributed by atoms with Gasteiger partial charge in [-0.25, -0.2) is 0 Å². The third kappa shape index (κ3) is 8.54. The Morgan fingerprint density at radius 2 is 1.77 bits per heavy atom.